The fourth-order valence-corrected chi connectivity index (χ4v) is 2.64. The van der Waals surface area contributed by atoms with Gasteiger partial charge in [-0.3, -0.25) is 10.2 Å². The normalized spacial score (nSPS) is 10.9. The first-order valence-electron chi connectivity index (χ1n) is 7.05. The van der Waals surface area contributed by atoms with E-state index in [0.29, 0.717) is 17.4 Å². The van der Waals surface area contributed by atoms with E-state index in [1.165, 1.54) is 22.5 Å². The van der Waals surface area contributed by atoms with Crippen molar-refractivity contribution in [1.29, 1.82) is 0 Å². The van der Waals surface area contributed by atoms with Crippen LogP contribution in [0.4, 0.5) is 5.13 Å². The van der Waals surface area contributed by atoms with E-state index < -0.39 is 0 Å². The molecule has 1 aromatic heterocycles. The fraction of sp³-hybridized carbons (Fsp3) is 0.312. The molecule has 22 heavy (non-hydrogen) atoms. The number of rotatable bonds is 6. The molecular formula is C16H19N3O2S. The molecule has 116 valence electrons. The van der Waals surface area contributed by atoms with Gasteiger partial charge in [0, 0.05) is 10.9 Å². The average molecular weight is 317 g/mol. The molecular weight excluding hydrogens is 298 g/mol. The fourth-order valence-electron chi connectivity index (χ4n) is 1.98. The van der Waals surface area contributed by atoms with Gasteiger partial charge < -0.3 is 4.74 Å². The number of carbonyl (C=O) groups is 1. The molecule has 0 aliphatic rings. The smallest absolute Gasteiger partial charge is 0.311 e. The second-order valence-electron chi connectivity index (χ2n) is 4.80. The lowest BCUT2D eigenvalue weighted by molar-refractivity contribution is -0.142. The molecule has 2 rings (SSSR count). The van der Waals surface area contributed by atoms with Crippen LogP contribution in [0.2, 0.25) is 0 Å². The zero-order valence-electron chi connectivity index (χ0n) is 12.9. The first-order chi connectivity index (χ1) is 10.6. The van der Waals surface area contributed by atoms with Crippen molar-refractivity contribution >= 4 is 28.7 Å². The molecule has 0 fully saturated rings. The van der Waals surface area contributed by atoms with Crippen LogP contribution in [0.25, 0.3) is 0 Å². The molecule has 1 aromatic carbocycles. The van der Waals surface area contributed by atoms with Crippen LogP contribution < -0.4 is 5.43 Å². The molecule has 2 aromatic rings. The number of nitrogens with zero attached hydrogens (tertiary/aromatic N) is 2. The van der Waals surface area contributed by atoms with E-state index in [2.05, 4.69) is 41.5 Å². The van der Waals surface area contributed by atoms with Crippen molar-refractivity contribution in [3.63, 3.8) is 0 Å². The first-order valence-corrected chi connectivity index (χ1v) is 7.93. The standard InChI is InChI=1S/C16H19N3O2S/c1-4-21-15(20)8-13-10-22-16(18-13)19-17-9-14-11(2)6-5-7-12(14)3/h5-7,9-10H,4,8H2,1-3H3,(H,18,19). The Balaban J connectivity index is 1.96. The van der Waals surface area contributed by atoms with E-state index in [0.717, 1.165) is 5.56 Å². The predicted octanol–water partition coefficient (Wildman–Crippen LogP) is 3.31. The second-order valence-corrected chi connectivity index (χ2v) is 5.66. The molecule has 0 amide bonds. The van der Waals surface area contributed by atoms with E-state index in [4.69, 9.17) is 4.74 Å². The van der Waals surface area contributed by atoms with Crippen molar-refractivity contribution in [2.24, 2.45) is 5.10 Å². The summed E-state index contributed by atoms with van der Waals surface area (Å²) in [5.74, 6) is -0.265. The van der Waals surface area contributed by atoms with E-state index in [1.54, 1.807) is 13.1 Å². The van der Waals surface area contributed by atoms with E-state index in [1.807, 2.05) is 11.4 Å². The largest absolute Gasteiger partial charge is 0.466 e. The van der Waals surface area contributed by atoms with Crippen LogP contribution in [-0.4, -0.2) is 23.8 Å². The summed E-state index contributed by atoms with van der Waals surface area (Å²) in [4.78, 5) is 15.7. The van der Waals surface area contributed by atoms with Crippen LogP contribution in [-0.2, 0) is 16.0 Å². The Kier molecular flexibility index (Phi) is 5.66. The van der Waals surface area contributed by atoms with Crippen LogP contribution in [0, 0.1) is 13.8 Å². The number of nitrogens with one attached hydrogen (secondary N) is 1. The number of hydrogen-bond acceptors (Lipinski definition) is 6. The topological polar surface area (TPSA) is 63.6 Å². The molecule has 0 aliphatic heterocycles. The van der Waals surface area contributed by atoms with Gasteiger partial charge in [-0.15, -0.1) is 11.3 Å². The number of benzene rings is 1. The number of carbonyl (C=O) groups excluding carboxylic acids is 1. The summed E-state index contributed by atoms with van der Waals surface area (Å²) >= 11 is 1.41. The van der Waals surface area contributed by atoms with Crippen molar-refractivity contribution in [1.82, 2.24) is 4.98 Å². The van der Waals surface area contributed by atoms with Gasteiger partial charge >= 0.3 is 5.97 Å². The molecule has 0 atom stereocenters. The number of ether oxygens (including phenoxy) is 1. The Labute approximate surface area is 134 Å². The van der Waals surface area contributed by atoms with E-state index in [9.17, 15) is 4.79 Å². The third-order valence-electron chi connectivity index (χ3n) is 3.08. The molecule has 0 saturated carbocycles. The summed E-state index contributed by atoms with van der Waals surface area (Å²) in [6.45, 7) is 6.27. The number of aromatic nitrogens is 1. The van der Waals surface area contributed by atoms with Gasteiger partial charge in [0.15, 0.2) is 0 Å². The summed E-state index contributed by atoms with van der Waals surface area (Å²) in [7, 11) is 0. The van der Waals surface area contributed by atoms with Crippen molar-refractivity contribution in [2.75, 3.05) is 12.0 Å². The molecule has 1 heterocycles. The minimum Gasteiger partial charge on any atom is -0.466 e. The Morgan fingerprint density at radius 2 is 2.14 bits per heavy atom. The minimum atomic E-state index is -0.265. The molecule has 1 N–H and O–H groups in total. The SMILES string of the molecule is CCOC(=O)Cc1csc(NN=Cc2c(C)cccc2C)n1. The number of thiazole rings is 1. The van der Waals surface area contributed by atoms with Crippen molar-refractivity contribution in [2.45, 2.75) is 27.2 Å². The number of anilines is 1. The number of hydrazone groups is 1. The number of aryl methyl sites for hydroxylation is 2. The molecule has 5 nitrogen and oxygen atoms in total. The lowest BCUT2D eigenvalue weighted by Gasteiger charge is -2.03. The Hall–Kier alpha value is -2.21. The van der Waals surface area contributed by atoms with Crippen LogP contribution in [0.1, 0.15) is 29.3 Å². The highest BCUT2D eigenvalue weighted by atomic mass is 32.1. The highest BCUT2D eigenvalue weighted by Gasteiger charge is 2.07. The number of hydrogen-bond donors (Lipinski definition) is 1. The Morgan fingerprint density at radius 1 is 1.41 bits per heavy atom. The highest BCUT2D eigenvalue weighted by Crippen LogP contribution is 2.16. The van der Waals surface area contributed by atoms with Gasteiger partial charge in [-0.2, -0.15) is 5.10 Å². The second kappa shape index (κ2) is 7.70. The molecule has 0 aliphatic carbocycles. The maximum atomic E-state index is 11.4. The third-order valence-corrected chi connectivity index (χ3v) is 3.87. The number of esters is 1. The predicted molar refractivity (Wildman–Crippen MR) is 89.6 cm³/mol. The van der Waals surface area contributed by atoms with E-state index in [-0.39, 0.29) is 12.4 Å². The molecule has 0 saturated heterocycles. The van der Waals surface area contributed by atoms with Gasteiger partial charge in [-0.25, -0.2) is 4.98 Å². The third kappa shape index (κ3) is 4.39. The van der Waals surface area contributed by atoms with Gasteiger partial charge in [-0.05, 0) is 31.9 Å². The van der Waals surface area contributed by atoms with Crippen molar-refractivity contribution < 1.29 is 9.53 Å². The van der Waals surface area contributed by atoms with Crippen LogP contribution in [0.5, 0.6) is 0 Å². The summed E-state index contributed by atoms with van der Waals surface area (Å²) in [6.07, 6.45) is 1.98. The molecule has 0 unspecified atom stereocenters. The minimum absolute atomic E-state index is 0.187. The summed E-state index contributed by atoms with van der Waals surface area (Å²) in [6, 6.07) is 6.13. The van der Waals surface area contributed by atoms with E-state index >= 15 is 0 Å². The molecule has 0 bridgehead atoms. The van der Waals surface area contributed by atoms with Gasteiger partial charge in [0.1, 0.15) is 0 Å². The lowest BCUT2D eigenvalue weighted by atomic mass is 10.0. The van der Waals surface area contributed by atoms with Gasteiger partial charge in [-0.1, -0.05) is 18.2 Å². The van der Waals surface area contributed by atoms with Gasteiger partial charge in [0.05, 0.1) is 24.9 Å². The maximum absolute atomic E-state index is 11.4. The van der Waals surface area contributed by atoms with Crippen LogP contribution in [0.3, 0.4) is 0 Å². The molecule has 0 spiro atoms. The van der Waals surface area contributed by atoms with Gasteiger partial charge in [0.25, 0.3) is 0 Å². The zero-order chi connectivity index (χ0) is 15.9. The average Bonchev–Trinajstić information content (AvgIpc) is 2.90. The quantitative estimate of drug-likeness (QED) is 0.504. The summed E-state index contributed by atoms with van der Waals surface area (Å²) in [5, 5.41) is 6.70. The van der Waals surface area contributed by atoms with Crippen molar-refractivity contribution in [3.05, 3.63) is 46.0 Å². The zero-order valence-corrected chi connectivity index (χ0v) is 13.7. The molecule has 0 radical (unpaired) electrons. The monoisotopic (exact) mass is 317 g/mol. The summed E-state index contributed by atoms with van der Waals surface area (Å²) in [5.41, 5.74) is 7.03. The lowest BCUT2D eigenvalue weighted by Crippen LogP contribution is -2.07. The Bertz CT molecular complexity index is 660. The van der Waals surface area contributed by atoms with Crippen LogP contribution >= 0.6 is 11.3 Å². The highest BCUT2D eigenvalue weighted by molar-refractivity contribution is 7.13. The summed E-state index contributed by atoms with van der Waals surface area (Å²) < 4.78 is 4.90. The van der Waals surface area contributed by atoms with Gasteiger partial charge in [0.2, 0.25) is 5.13 Å². The first kappa shape index (κ1) is 16.2. The van der Waals surface area contributed by atoms with Crippen LogP contribution in [0.15, 0.2) is 28.7 Å². The van der Waals surface area contributed by atoms with Crippen molar-refractivity contribution in [3.8, 4) is 0 Å². The maximum Gasteiger partial charge on any atom is 0.311 e. The Morgan fingerprint density at radius 3 is 2.82 bits per heavy atom. The molecule has 6 heteroatoms.